The second-order valence-corrected chi connectivity index (χ2v) is 12.7. The highest BCUT2D eigenvalue weighted by molar-refractivity contribution is 5.95. The van der Waals surface area contributed by atoms with Gasteiger partial charge in [-0.2, -0.15) is 13.2 Å². The van der Waals surface area contributed by atoms with Crippen LogP contribution in [0, 0.1) is 5.82 Å². The van der Waals surface area contributed by atoms with E-state index in [0.717, 1.165) is 42.0 Å². The molecule has 1 saturated heterocycles. The number of ether oxygens (including phenoxy) is 3. The SMILES string of the molecule is COc1ccc(COCCN(C)C(=O)[C@H](Cc2ccccc2)N(Cc2ccc(N3CCOCC3)cc2)C(=O)/C=C/c2ccc(C(F)(F)F)cc2)cc1F. The van der Waals surface area contributed by atoms with E-state index in [1.807, 2.05) is 54.6 Å². The number of benzene rings is 4. The van der Waals surface area contributed by atoms with Crippen molar-refractivity contribution in [2.24, 2.45) is 0 Å². The summed E-state index contributed by atoms with van der Waals surface area (Å²) in [5.41, 5.74) is 2.87. The summed E-state index contributed by atoms with van der Waals surface area (Å²) in [6, 6.07) is 25.3. The third-order valence-electron chi connectivity index (χ3n) is 8.97. The van der Waals surface area contributed by atoms with Crippen molar-refractivity contribution >= 4 is 23.6 Å². The molecule has 0 spiro atoms. The van der Waals surface area contributed by atoms with Crippen LogP contribution in [0.1, 0.15) is 27.8 Å². The molecule has 0 radical (unpaired) electrons. The van der Waals surface area contributed by atoms with Crippen molar-refractivity contribution in [1.29, 1.82) is 0 Å². The molecule has 1 aliphatic rings. The fourth-order valence-corrected chi connectivity index (χ4v) is 5.94. The van der Waals surface area contributed by atoms with E-state index in [9.17, 15) is 27.2 Å². The molecule has 12 heteroatoms. The van der Waals surface area contributed by atoms with Crippen LogP contribution in [0.5, 0.6) is 5.75 Å². The number of methoxy groups -OCH3 is 1. The van der Waals surface area contributed by atoms with Gasteiger partial charge in [0.1, 0.15) is 6.04 Å². The van der Waals surface area contributed by atoms with Gasteiger partial charge in [0, 0.05) is 51.4 Å². The number of alkyl halides is 3. The first kappa shape index (κ1) is 39.0. The van der Waals surface area contributed by atoms with Crippen molar-refractivity contribution in [3.63, 3.8) is 0 Å². The molecule has 4 aromatic rings. The van der Waals surface area contributed by atoms with Crippen molar-refractivity contribution in [3.8, 4) is 5.75 Å². The average molecular weight is 734 g/mol. The van der Waals surface area contributed by atoms with E-state index >= 15 is 0 Å². The number of carbonyl (C=O) groups is 2. The zero-order chi connectivity index (χ0) is 37.8. The molecule has 8 nitrogen and oxygen atoms in total. The van der Waals surface area contributed by atoms with E-state index in [1.54, 1.807) is 13.1 Å². The first-order valence-electron chi connectivity index (χ1n) is 17.3. The van der Waals surface area contributed by atoms with Gasteiger partial charge in [-0.25, -0.2) is 4.39 Å². The van der Waals surface area contributed by atoms with Crippen LogP contribution in [-0.2, 0) is 44.8 Å². The summed E-state index contributed by atoms with van der Waals surface area (Å²) in [5.74, 6) is -1.18. The molecule has 0 saturated carbocycles. The fraction of sp³-hybridized carbons (Fsp3) is 0.317. The summed E-state index contributed by atoms with van der Waals surface area (Å²) in [5, 5.41) is 0. The minimum Gasteiger partial charge on any atom is -0.494 e. The Kier molecular flexibility index (Phi) is 13.6. The third-order valence-corrected chi connectivity index (χ3v) is 8.97. The molecule has 5 rings (SSSR count). The molecule has 0 aliphatic carbocycles. The quantitative estimate of drug-likeness (QED) is 0.0744. The van der Waals surface area contributed by atoms with E-state index in [4.69, 9.17) is 14.2 Å². The topological polar surface area (TPSA) is 71.6 Å². The first-order chi connectivity index (χ1) is 25.5. The van der Waals surface area contributed by atoms with Gasteiger partial charge in [0.2, 0.25) is 11.8 Å². The first-order valence-corrected chi connectivity index (χ1v) is 17.3. The maximum absolute atomic E-state index is 14.3. The predicted molar refractivity (Wildman–Crippen MR) is 195 cm³/mol. The van der Waals surface area contributed by atoms with Crippen molar-refractivity contribution < 1.29 is 41.4 Å². The van der Waals surface area contributed by atoms with Crippen LogP contribution < -0.4 is 9.64 Å². The summed E-state index contributed by atoms with van der Waals surface area (Å²) < 4.78 is 69.8. The van der Waals surface area contributed by atoms with Crippen molar-refractivity contribution in [3.05, 3.63) is 137 Å². The highest BCUT2D eigenvalue weighted by Gasteiger charge is 2.32. The summed E-state index contributed by atoms with van der Waals surface area (Å²) in [4.78, 5) is 33.6. The molecule has 1 atom stereocenters. The molecule has 0 aromatic heterocycles. The Morgan fingerprint density at radius 2 is 1.58 bits per heavy atom. The Bertz CT molecular complexity index is 1810. The molecule has 0 bridgehead atoms. The van der Waals surface area contributed by atoms with E-state index in [-0.39, 0.29) is 44.4 Å². The highest BCUT2D eigenvalue weighted by atomic mass is 19.4. The normalized spacial score (nSPS) is 13.9. The van der Waals surface area contributed by atoms with E-state index in [0.29, 0.717) is 24.3 Å². The molecule has 0 unspecified atom stereocenters. The zero-order valence-corrected chi connectivity index (χ0v) is 29.7. The molecule has 2 amide bonds. The van der Waals surface area contributed by atoms with Crippen LogP contribution in [-0.4, -0.2) is 81.3 Å². The Balaban J connectivity index is 1.38. The van der Waals surface area contributed by atoms with Crippen LogP contribution >= 0.6 is 0 Å². The number of halogens is 4. The standard InChI is InChI=1S/C41H43F4N3O5/c1-46(20-23-53-29-33-12-18-38(51-2)36(42)26-33)40(50)37(27-31-6-4-3-5-7-31)48(28-32-10-16-35(17-11-32)47-21-24-52-25-22-47)39(49)19-13-30-8-14-34(15-9-30)41(43,44)45/h3-19,26,37H,20-25,27-29H2,1-2H3/b19-13+/t37-/m0/s1. The van der Waals surface area contributed by atoms with Gasteiger partial charge in [-0.15, -0.1) is 0 Å². The van der Waals surface area contributed by atoms with Crippen LogP contribution in [0.2, 0.25) is 0 Å². The lowest BCUT2D eigenvalue weighted by atomic mass is 10.0. The zero-order valence-electron chi connectivity index (χ0n) is 29.7. The third kappa shape index (κ3) is 11.1. The van der Waals surface area contributed by atoms with Gasteiger partial charge >= 0.3 is 6.18 Å². The minimum absolute atomic E-state index is 0.0934. The molecule has 1 aliphatic heterocycles. The average Bonchev–Trinajstić information content (AvgIpc) is 3.17. The van der Waals surface area contributed by atoms with Crippen LogP contribution in [0.25, 0.3) is 6.08 Å². The summed E-state index contributed by atoms with van der Waals surface area (Å²) in [6.45, 7) is 3.36. The molecule has 280 valence electrons. The number of nitrogens with zero attached hydrogens (tertiary/aromatic N) is 3. The number of carbonyl (C=O) groups excluding carboxylic acids is 2. The van der Waals surface area contributed by atoms with E-state index < -0.39 is 29.5 Å². The molecule has 1 heterocycles. The van der Waals surface area contributed by atoms with Crippen LogP contribution in [0.4, 0.5) is 23.2 Å². The molecule has 1 fully saturated rings. The largest absolute Gasteiger partial charge is 0.494 e. The monoisotopic (exact) mass is 733 g/mol. The Morgan fingerprint density at radius 3 is 2.23 bits per heavy atom. The molecule has 53 heavy (non-hydrogen) atoms. The second kappa shape index (κ2) is 18.5. The predicted octanol–water partition coefficient (Wildman–Crippen LogP) is 7.02. The van der Waals surface area contributed by atoms with Gasteiger partial charge in [0.15, 0.2) is 11.6 Å². The Labute approximate surface area is 307 Å². The van der Waals surface area contributed by atoms with E-state index in [2.05, 4.69) is 4.90 Å². The van der Waals surface area contributed by atoms with Crippen molar-refractivity contribution in [1.82, 2.24) is 9.80 Å². The second-order valence-electron chi connectivity index (χ2n) is 12.7. The van der Waals surface area contributed by atoms with E-state index in [1.165, 1.54) is 53.3 Å². The number of likely N-dealkylation sites (N-methyl/N-ethyl adjacent to an activating group) is 1. The number of amides is 2. The van der Waals surface area contributed by atoms with Gasteiger partial charge in [0.05, 0.1) is 39.1 Å². The summed E-state index contributed by atoms with van der Waals surface area (Å²) in [6.07, 6.45) is -1.54. The minimum atomic E-state index is -4.48. The molecular weight excluding hydrogens is 690 g/mol. The van der Waals surface area contributed by atoms with Gasteiger partial charge in [0.25, 0.3) is 0 Å². The van der Waals surface area contributed by atoms with Crippen LogP contribution in [0.15, 0.2) is 103 Å². The number of hydrogen-bond acceptors (Lipinski definition) is 6. The molecule has 4 aromatic carbocycles. The Morgan fingerprint density at radius 1 is 0.906 bits per heavy atom. The number of morpholine rings is 1. The van der Waals surface area contributed by atoms with Crippen molar-refractivity contribution in [2.45, 2.75) is 31.8 Å². The van der Waals surface area contributed by atoms with Gasteiger partial charge in [-0.1, -0.05) is 60.7 Å². The number of anilines is 1. The van der Waals surface area contributed by atoms with Gasteiger partial charge in [-0.3, -0.25) is 9.59 Å². The maximum atomic E-state index is 14.3. The lowest BCUT2D eigenvalue weighted by Crippen LogP contribution is -2.51. The number of rotatable bonds is 15. The number of hydrogen-bond donors (Lipinski definition) is 0. The molecule has 0 N–H and O–H groups in total. The van der Waals surface area contributed by atoms with Crippen LogP contribution in [0.3, 0.4) is 0 Å². The lowest BCUT2D eigenvalue weighted by Gasteiger charge is -2.33. The smallest absolute Gasteiger partial charge is 0.416 e. The van der Waals surface area contributed by atoms with Crippen molar-refractivity contribution in [2.75, 3.05) is 58.5 Å². The van der Waals surface area contributed by atoms with Gasteiger partial charge in [-0.05, 0) is 64.7 Å². The fourth-order valence-electron chi connectivity index (χ4n) is 5.94. The molecular formula is C41H43F4N3O5. The summed E-state index contributed by atoms with van der Waals surface area (Å²) >= 11 is 0. The maximum Gasteiger partial charge on any atom is 0.416 e. The van der Waals surface area contributed by atoms with Gasteiger partial charge < -0.3 is 28.9 Å². The Hall–Kier alpha value is -5.20. The lowest BCUT2D eigenvalue weighted by molar-refractivity contribution is -0.143. The highest BCUT2D eigenvalue weighted by Crippen LogP contribution is 2.29. The summed E-state index contributed by atoms with van der Waals surface area (Å²) in [7, 11) is 3.02.